The Bertz CT molecular complexity index is 717. The molecule has 1 saturated heterocycles. The first kappa shape index (κ1) is 17.3. The van der Waals surface area contributed by atoms with Gasteiger partial charge in [-0.3, -0.25) is 4.79 Å². The van der Waals surface area contributed by atoms with E-state index in [9.17, 15) is 4.79 Å². The lowest BCUT2D eigenvalue weighted by Gasteiger charge is -2.33. The van der Waals surface area contributed by atoms with Gasteiger partial charge in [-0.25, -0.2) is 0 Å². The molecule has 0 radical (unpaired) electrons. The predicted molar refractivity (Wildman–Crippen MR) is 103 cm³/mol. The molecule has 2 aliphatic rings. The summed E-state index contributed by atoms with van der Waals surface area (Å²) in [5, 5.41) is 0. The molecule has 136 valence electrons. The maximum atomic E-state index is 13.4. The molecule has 0 N–H and O–H groups in total. The maximum Gasteiger partial charge on any atom is 0.321 e. The molecule has 0 unspecified atom stereocenters. The summed E-state index contributed by atoms with van der Waals surface area (Å²) >= 11 is 0. The van der Waals surface area contributed by atoms with Crippen LogP contribution in [0.25, 0.3) is 0 Å². The molecule has 0 aromatic heterocycles. The van der Waals surface area contributed by atoms with Gasteiger partial charge < -0.3 is 9.64 Å². The Labute approximate surface area is 156 Å². The lowest BCUT2D eigenvalue weighted by Crippen LogP contribution is -2.40. The molecule has 0 spiro atoms. The third kappa shape index (κ3) is 3.05. The van der Waals surface area contributed by atoms with Crippen LogP contribution in [0.3, 0.4) is 0 Å². The smallest absolute Gasteiger partial charge is 0.321 e. The number of fused-ring (bicyclic) bond motifs is 2. The minimum atomic E-state index is -0.787. The predicted octanol–water partition coefficient (Wildman–Crippen LogP) is 4.02. The zero-order chi connectivity index (χ0) is 18.1. The van der Waals surface area contributed by atoms with Gasteiger partial charge in [0.2, 0.25) is 0 Å². The Morgan fingerprint density at radius 1 is 0.962 bits per heavy atom. The van der Waals surface area contributed by atoms with Crippen LogP contribution in [0.5, 0.6) is 0 Å². The van der Waals surface area contributed by atoms with Crippen LogP contribution >= 0.6 is 0 Å². The average molecular weight is 349 g/mol. The van der Waals surface area contributed by atoms with E-state index in [1.54, 1.807) is 0 Å². The third-order valence-electron chi connectivity index (χ3n) is 6.29. The van der Waals surface area contributed by atoms with Gasteiger partial charge in [0.1, 0.15) is 11.5 Å². The number of carbonyl (C=O) groups is 1. The van der Waals surface area contributed by atoms with Crippen molar-refractivity contribution in [2.75, 3.05) is 13.6 Å². The molecule has 4 rings (SSSR count). The molecule has 1 saturated carbocycles. The van der Waals surface area contributed by atoms with Crippen molar-refractivity contribution in [3.05, 3.63) is 71.8 Å². The highest BCUT2D eigenvalue weighted by atomic mass is 16.5. The molecule has 1 aliphatic heterocycles. The molecular weight excluding hydrogens is 322 g/mol. The SMILES string of the molecule is CN1C[C@H]2C[C@@H](OC(=O)C(C)(c3ccccc3)c3ccccc3)C[C@@H]1C2. The number of ether oxygens (including phenoxy) is 1. The summed E-state index contributed by atoms with van der Waals surface area (Å²) in [6.45, 7) is 3.12. The molecule has 2 aromatic rings. The van der Waals surface area contributed by atoms with Gasteiger partial charge in [0.05, 0.1) is 0 Å². The molecular formula is C23H27NO2. The minimum Gasteiger partial charge on any atom is -0.461 e. The van der Waals surface area contributed by atoms with Crippen molar-refractivity contribution in [1.82, 2.24) is 4.90 Å². The molecule has 3 heteroatoms. The molecule has 1 aliphatic carbocycles. The summed E-state index contributed by atoms with van der Waals surface area (Å²) in [5.41, 5.74) is 1.17. The van der Waals surface area contributed by atoms with Gasteiger partial charge in [0, 0.05) is 12.6 Å². The van der Waals surface area contributed by atoms with Gasteiger partial charge in [-0.05, 0) is 50.3 Å². The van der Waals surface area contributed by atoms with Crippen molar-refractivity contribution in [1.29, 1.82) is 0 Å². The number of rotatable bonds is 4. The Kier molecular flexibility index (Phi) is 4.58. The average Bonchev–Trinajstić information content (AvgIpc) is 2.94. The first-order valence-electron chi connectivity index (χ1n) is 9.59. The third-order valence-corrected chi connectivity index (χ3v) is 6.29. The van der Waals surface area contributed by atoms with E-state index in [2.05, 4.69) is 11.9 Å². The van der Waals surface area contributed by atoms with Crippen LogP contribution in [-0.4, -0.2) is 36.6 Å². The van der Waals surface area contributed by atoms with Gasteiger partial charge in [0.25, 0.3) is 0 Å². The fourth-order valence-electron chi connectivity index (χ4n) is 4.72. The number of hydrogen-bond donors (Lipinski definition) is 0. The van der Waals surface area contributed by atoms with Crippen LogP contribution in [-0.2, 0) is 14.9 Å². The van der Waals surface area contributed by atoms with Crippen LogP contribution < -0.4 is 0 Å². The normalized spacial score (nSPS) is 25.8. The van der Waals surface area contributed by atoms with Gasteiger partial charge in [-0.15, -0.1) is 0 Å². The van der Waals surface area contributed by atoms with Crippen molar-refractivity contribution in [3.8, 4) is 0 Å². The van der Waals surface area contributed by atoms with E-state index in [1.807, 2.05) is 67.6 Å². The quantitative estimate of drug-likeness (QED) is 0.781. The second-order valence-corrected chi connectivity index (χ2v) is 8.05. The molecule has 0 amide bonds. The summed E-state index contributed by atoms with van der Waals surface area (Å²) < 4.78 is 6.13. The van der Waals surface area contributed by atoms with E-state index >= 15 is 0 Å². The number of esters is 1. The fourth-order valence-corrected chi connectivity index (χ4v) is 4.72. The van der Waals surface area contributed by atoms with E-state index in [4.69, 9.17) is 4.74 Å². The van der Waals surface area contributed by atoms with Crippen molar-refractivity contribution in [2.24, 2.45) is 5.92 Å². The van der Waals surface area contributed by atoms with Gasteiger partial charge >= 0.3 is 5.97 Å². The summed E-state index contributed by atoms with van der Waals surface area (Å²) in [6.07, 6.45) is 3.23. The molecule has 2 aromatic carbocycles. The Hall–Kier alpha value is -2.13. The van der Waals surface area contributed by atoms with Gasteiger partial charge in [-0.1, -0.05) is 60.7 Å². The Balaban J connectivity index is 1.61. The van der Waals surface area contributed by atoms with Crippen LogP contribution in [0, 0.1) is 5.92 Å². The topological polar surface area (TPSA) is 29.5 Å². The zero-order valence-electron chi connectivity index (χ0n) is 15.6. The monoisotopic (exact) mass is 349 g/mol. The summed E-state index contributed by atoms with van der Waals surface area (Å²) in [6, 6.07) is 20.5. The molecule has 2 fully saturated rings. The Morgan fingerprint density at radius 3 is 2.08 bits per heavy atom. The van der Waals surface area contributed by atoms with Crippen LogP contribution in [0.4, 0.5) is 0 Å². The maximum absolute atomic E-state index is 13.4. The van der Waals surface area contributed by atoms with Crippen molar-refractivity contribution in [3.63, 3.8) is 0 Å². The molecule has 1 heterocycles. The Morgan fingerprint density at radius 2 is 1.54 bits per heavy atom. The molecule has 3 nitrogen and oxygen atoms in total. The molecule has 2 bridgehead atoms. The minimum absolute atomic E-state index is 0.0305. The number of hydrogen-bond acceptors (Lipinski definition) is 3. The summed E-state index contributed by atoms with van der Waals surface area (Å²) in [4.78, 5) is 15.8. The summed E-state index contributed by atoms with van der Waals surface area (Å²) in [7, 11) is 2.19. The van der Waals surface area contributed by atoms with Crippen LogP contribution in [0.15, 0.2) is 60.7 Å². The van der Waals surface area contributed by atoms with Crippen molar-refractivity contribution in [2.45, 2.75) is 43.7 Å². The first-order chi connectivity index (χ1) is 12.6. The fraction of sp³-hybridized carbons (Fsp3) is 0.435. The number of likely N-dealkylation sites (tertiary alicyclic amines) is 1. The second kappa shape index (κ2) is 6.88. The second-order valence-electron chi connectivity index (χ2n) is 8.05. The molecule has 3 atom stereocenters. The van der Waals surface area contributed by atoms with E-state index in [0.29, 0.717) is 12.0 Å². The van der Waals surface area contributed by atoms with Crippen LogP contribution in [0.1, 0.15) is 37.3 Å². The highest BCUT2D eigenvalue weighted by molar-refractivity contribution is 5.87. The first-order valence-corrected chi connectivity index (χ1v) is 9.59. The standard InChI is InChI=1S/C23H27NO2/c1-23(18-9-5-3-6-10-18,19-11-7-4-8-12-19)22(25)26-21-14-17-13-20(15-21)24(2)16-17/h3-12,17,20-21H,13-16H2,1-2H3/t17-,20+,21-/m1/s1. The van der Waals surface area contributed by atoms with Crippen molar-refractivity contribution >= 4 is 5.97 Å². The van der Waals surface area contributed by atoms with Crippen molar-refractivity contribution < 1.29 is 9.53 Å². The summed E-state index contributed by atoms with van der Waals surface area (Å²) in [5.74, 6) is 0.528. The van der Waals surface area contributed by atoms with E-state index < -0.39 is 5.41 Å². The molecule has 26 heavy (non-hydrogen) atoms. The lowest BCUT2D eigenvalue weighted by atomic mass is 9.76. The number of benzene rings is 2. The van der Waals surface area contributed by atoms with Gasteiger partial charge in [-0.2, -0.15) is 0 Å². The van der Waals surface area contributed by atoms with Crippen LogP contribution in [0.2, 0.25) is 0 Å². The number of nitrogens with zero attached hydrogens (tertiary/aromatic N) is 1. The van der Waals surface area contributed by atoms with E-state index in [0.717, 1.165) is 30.5 Å². The zero-order valence-corrected chi connectivity index (χ0v) is 15.6. The lowest BCUT2D eigenvalue weighted by molar-refractivity contribution is -0.156. The van der Waals surface area contributed by atoms with E-state index in [1.165, 1.54) is 6.42 Å². The van der Waals surface area contributed by atoms with E-state index in [-0.39, 0.29) is 12.1 Å². The number of carbonyl (C=O) groups excluding carboxylic acids is 1. The largest absolute Gasteiger partial charge is 0.461 e. The highest BCUT2D eigenvalue weighted by Crippen LogP contribution is 2.38. The van der Waals surface area contributed by atoms with Gasteiger partial charge in [0.15, 0.2) is 0 Å². The highest BCUT2D eigenvalue weighted by Gasteiger charge is 2.43.